The molecule has 0 radical (unpaired) electrons. The number of nitrogens with zero attached hydrogens (tertiary/aromatic N) is 3. The van der Waals surface area contributed by atoms with Crippen LogP contribution in [0.25, 0.3) is 0 Å². The molecule has 0 aromatic heterocycles. The van der Waals surface area contributed by atoms with Gasteiger partial charge in [0.05, 0.1) is 26.0 Å². The number of carbonyl (C=O) groups is 2. The highest BCUT2D eigenvalue weighted by Crippen LogP contribution is 2.38. The summed E-state index contributed by atoms with van der Waals surface area (Å²) in [6, 6.07) is 23.4. The molecule has 1 N–H and O–H groups in total. The van der Waals surface area contributed by atoms with E-state index in [9.17, 15) is 9.59 Å². The summed E-state index contributed by atoms with van der Waals surface area (Å²) >= 11 is 1.28. The fourth-order valence-electron chi connectivity index (χ4n) is 4.44. The van der Waals surface area contributed by atoms with E-state index >= 15 is 0 Å². The van der Waals surface area contributed by atoms with Crippen LogP contribution in [0.15, 0.2) is 82.9 Å². The molecule has 2 aliphatic heterocycles. The number of amidine groups is 1. The van der Waals surface area contributed by atoms with E-state index in [0.29, 0.717) is 28.8 Å². The van der Waals surface area contributed by atoms with Gasteiger partial charge in [-0.2, -0.15) is 10.1 Å². The number of aliphatic imine (C=N–C) groups is 1. The third kappa shape index (κ3) is 5.43. The minimum absolute atomic E-state index is 0.0107. The van der Waals surface area contributed by atoms with Gasteiger partial charge >= 0.3 is 0 Å². The highest BCUT2D eigenvalue weighted by atomic mass is 32.2. The molecule has 0 bridgehead atoms. The van der Waals surface area contributed by atoms with Gasteiger partial charge in [0.2, 0.25) is 5.91 Å². The van der Waals surface area contributed by atoms with Gasteiger partial charge in [0.1, 0.15) is 5.25 Å². The molecule has 3 aromatic rings. The van der Waals surface area contributed by atoms with Crippen LogP contribution in [0.2, 0.25) is 0 Å². The zero-order chi connectivity index (χ0) is 26.6. The standard InChI is InChI=1S/C29H28N4O4S/c1-18-9-11-19(12-10-18)22-16-23(20-7-5-4-6-8-20)33(32-22)29-31-28(35)26(38-29)17-27(34)30-21-13-14-24(36-2)25(15-21)37-3/h4-15,23,26H,16-17H2,1-3H3,(H,30,34)/t23-,26+/m1/s1. The van der Waals surface area contributed by atoms with Crippen molar-refractivity contribution in [3.63, 3.8) is 0 Å². The van der Waals surface area contributed by atoms with E-state index in [1.165, 1.54) is 24.4 Å². The molecule has 8 nitrogen and oxygen atoms in total. The van der Waals surface area contributed by atoms with Gasteiger partial charge in [-0.05, 0) is 30.2 Å². The number of carbonyl (C=O) groups excluding carboxylic acids is 2. The average molecular weight is 529 g/mol. The van der Waals surface area contributed by atoms with Crippen LogP contribution in [0.4, 0.5) is 5.69 Å². The van der Waals surface area contributed by atoms with E-state index in [2.05, 4.69) is 53.6 Å². The summed E-state index contributed by atoms with van der Waals surface area (Å²) in [5, 5.41) is 9.45. The Hall–Kier alpha value is -4.11. The quantitative estimate of drug-likeness (QED) is 0.454. The molecule has 2 amide bonds. The number of benzene rings is 3. The van der Waals surface area contributed by atoms with Gasteiger partial charge in [0.25, 0.3) is 5.91 Å². The van der Waals surface area contributed by atoms with Crippen LogP contribution >= 0.6 is 11.8 Å². The number of hydrazone groups is 1. The lowest BCUT2D eigenvalue weighted by Gasteiger charge is -2.23. The van der Waals surface area contributed by atoms with Crippen molar-refractivity contribution in [2.45, 2.75) is 31.1 Å². The molecular formula is C29H28N4O4S. The second-order valence-electron chi connectivity index (χ2n) is 9.05. The molecule has 3 aromatic carbocycles. The van der Waals surface area contributed by atoms with E-state index in [1.807, 2.05) is 23.2 Å². The number of thioether (sulfide) groups is 1. The molecule has 0 saturated heterocycles. The summed E-state index contributed by atoms with van der Waals surface area (Å²) in [5.74, 6) is 0.447. The largest absolute Gasteiger partial charge is 0.493 e. The van der Waals surface area contributed by atoms with Crippen molar-refractivity contribution >= 4 is 40.1 Å². The van der Waals surface area contributed by atoms with Gasteiger partial charge in [-0.15, -0.1) is 0 Å². The van der Waals surface area contributed by atoms with E-state index in [0.717, 1.165) is 16.8 Å². The molecule has 0 fully saturated rings. The van der Waals surface area contributed by atoms with Gasteiger partial charge in [-0.1, -0.05) is 71.9 Å². The van der Waals surface area contributed by atoms with Gasteiger partial charge < -0.3 is 14.8 Å². The first-order chi connectivity index (χ1) is 18.4. The van der Waals surface area contributed by atoms with Crippen molar-refractivity contribution < 1.29 is 19.1 Å². The number of aryl methyl sites for hydroxylation is 1. The van der Waals surface area contributed by atoms with E-state index in [4.69, 9.17) is 14.6 Å². The second-order valence-corrected chi connectivity index (χ2v) is 10.2. The van der Waals surface area contributed by atoms with Crippen LogP contribution in [0.5, 0.6) is 11.5 Å². The number of rotatable bonds is 7. The van der Waals surface area contributed by atoms with E-state index in [1.54, 1.807) is 25.3 Å². The van der Waals surface area contributed by atoms with Crippen molar-refractivity contribution in [2.75, 3.05) is 19.5 Å². The Balaban J connectivity index is 1.31. The normalized spacial score (nSPS) is 18.7. The monoisotopic (exact) mass is 528 g/mol. The number of anilines is 1. The van der Waals surface area contributed by atoms with Gasteiger partial charge in [-0.25, -0.2) is 5.01 Å². The first-order valence-electron chi connectivity index (χ1n) is 12.2. The van der Waals surface area contributed by atoms with Gasteiger partial charge in [0.15, 0.2) is 16.7 Å². The molecule has 0 unspecified atom stereocenters. The Morgan fingerprint density at radius 3 is 2.47 bits per heavy atom. The van der Waals surface area contributed by atoms with Gasteiger partial charge in [-0.3, -0.25) is 9.59 Å². The zero-order valence-corrected chi connectivity index (χ0v) is 22.2. The molecule has 0 spiro atoms. The minimum atomic E-state index is -0.625. The minimum Gasteiger partial charge on any atom is -0.493 e. The second kappa shape index (κ2) is 11.1. The SMILES string of the molecule is COc1ccc(NC(=O)C[C@@H]2SC(N3N=C(c4ccc(C)cc4)C[C@@H]3c3ccccc3)=NC2=O)cc1OC. The zero-order valence-electron chi connectivity index (χ0n) is 21.4. The summed E-state index contributed by atoms with van der Waals surface area (Å²) in [6.45, 7) is 2.05. The van der Waals surface area contributed by atoms with Crippen LogP contribution in [0.3, 0.4) is 0 Å². The summed E-state index contributed by atoms with van der Waals surface area (Å²) in [4.78, 5) is 30.0. The maximum atomic E-state index is 12.8. The molecule has 2 heterocycles. The predicted octanol–water partition coefficient (Wildman–Crippen LogP) is 5.19. The van der Waals surface area contributed by atoms with Crippen molar-refractivity contribution in [3.05, 3.63) is 89.5 Å². The van der Waals surface area contributed by atoms with Crippen molar-refractivity contribution in [2.24, 2.45) is 10.1 Å². The predicted molar refractivity (Wildman–Crippen MR) is 150 cm³/mol. The molecule has 9 heteroatoms. The summed E-state index contributed by atoms with van der Waals surface area (Å²) in [6.07, 6.45) is 0.675. The number of methoxy groups -OCH3 is 2. The third-order valence-corrected chi connectivity index (χ3v) is 7.58. The lowest BCUT2D eigenvalue weighted by molar-refractivity contribution is -0.121. The fourth-order valence-corrected chi connectivity index (χ4v) is 5.50. The molecule has 0 saturated carbocycles. The summed E-state index contributed by atoms with van der Waals surface area (Å²) in [7, 11) is 3.08. The smallest absolute Gasteiger partial charge is 0.262 e. The Kier molecular flexibility index (Phi) is 7.46. The fraction of sp³-hybridized carbons (Fsp3) is 0.241. The number of nitrogens with one attached hydrogen (secondary N) is 1. The van der Waals surface area contributed by atoms with Crippen molar-refractivity contribution in [3.8, 4) is 11.5 Å². The van der Waals surface area contributed by atoms with E-state index in [-0.39, 0.29) is 24.3 Å². The number of hydrogen-bond donors (Lipinski definition) is 1. The molecule has 2 atom stereocenters. The van der Waals surface area contributed by atoms with Crippen LogP contribution in [0.1, 0.15) is 35.6 Å². The number of ether oxygens (including phenoxy) is 2. The Labute approximate surface area is 225 Å². The topological polar surface area (TPSA) is 92.6 Å². The van der Waals surface area contributed by atoms with Crippen LogP contribution in [-0.2, 0) is 9.59 Å². The Morgan fingerprint density at radius 2 is 1.76 bits per heavy atom. The Morgan fingerprint density at radius 1 is 1.03 bits per heavy atom. The first-order valence-corrected chi connectivity index (χ1v) is 13.1. The maximum Gasteiger partial charge on any atom is 0.262 e. The molecule has 2 aliphatic rings. The number of amides is 2. The molecular weight excluding hydrogens is 500 g/mol. The Bertz CT molecular complexity index is 1410. The van der Waals surface area contributed by atoms with Crippen LogP contribution in [-0.4, -0.2) is 47.2 Å². The molecule has 5 rings (SSSR count). The highest BCUT2D eigenvalue weighted by Gasteiger charge is 2.39. The summed E-state index contributed by atoms with van der Waals surface area (Å²) in [5.41, 5.74) is 4.80. The van der Waals surface area contributed by atoms with Crippen molar-refractivity contribution in [1.29, 1.82) is 0 Å². The van der Waals surface area contributed by atoms with Crippen LogP contribution in [0, 0.1) is 6.92 Å². The highest BCUT2D eigenvalue weighted by molar-refractivity contribution is 8.15. The lowest BCUT2D eigenvalue weighted by Crippen LogP contribution is -2.25. The third-order valence-electron chi connectivity index (χ3n) is 6.44. The average Bonchev–Trinajstić information content (AvgIpc) is 3.53. The lowest BCUT2D eigenvalue weighted by atomic mass is 9.98. The van der Waals surface area contributed by atoms with Crippen LogP contribution < -0.4 is 14.8 Å². The summed E-state index contributed by atoms with van der Waals surface area (Å²) < 4.78 is 10.5. The van der Waals surface area contributed by atoms with Gasteiger partial charge in [0, 0.05) is 24.6 Å². The van der Waals surface area contributed by atoms with Crippen molar-refractivity contribution in [1.82, 2.24) is 5.01 Å². The number of hydrogen-bond acceptors (Lipinski definition) is 7. The maximum absolute atomic E-state index is 12.8. The first kappa shape index (κ1) is 25.5. The molecule has 0 aliphatic carbocycles. The molecule has 38 heavy (non-hydrogen) atoms. The van der Waals surface area contributed by atoms with E-state index < -0.39 is 5.25 Å². The molecule has 194 valence electrons.